The van der Waals surface area contributed by atoms with Crippen LogP contribution < -0.4 is 10.2 Å². The molecule has 0 aliphatic rings. The van der Waals surface area contributed by atoms with Gasteiger partial charge in [-0.05, 0) is 36.6 Å². The van der Waals surface area contributed by atoms with Crippen molar-refractivity contribution < 1.29 is 14.3 Å². The Hall–Kier alpha value is -2.08. The number of anilines is 2. The molecule has 2 amide bonds. The summed E-state index contributed by atoms with van der Waals surface area (Å²) in [6.45, 7) is 10.5. The Morgan fingerprint density at radius 2 is 1.74 bits per heavy atom. The third kappa shape index (κ3) is 6.54. The van der Waals surface area contributed by atoms with Crippen LogP contribution in [0.3, 0.4) is 0 Å². The lowest BCUT2D eigenvalue weighted by molar-refractivity contribution is -0.138. The van der Waals surface area contributed by atoms with Gasteiger partial charge in [0.1, 0.15) is 6.61 Å². The zero-order valence-electron chi connectivity index (χ0n) is 18.0. The van der Waals surface area contributed by atoms with Crippen molar-refractivity contribution in [2.45, 2.75) is 47.2 Å². The molecule has 152 valence electrons. The first-order chi connectivity index (χ1) is 12.6. The molecule has 0 bridgehead atoms. The van der Waals surface area contributed by atoms with Crippen LogP contribution in [0.4, 0.5) is 11.4 Å². The Balaban J connectivity index is 3.24. The molecule has 0 aromatic heterocycles. The van der Waals surface area contributed by atoms with Crippen LogP contribution in [0, 0.1) is 11.8 Å². The summed E-state index contributed by atoms with van der Waals surface area (Å²) in [5, 5.41) is 2.94. The minimum atomic E-state index is -0.0947. The van der Waals surface area contributed by atoms with Crippen LogP contribution in [0.5, 0.6) is 0 Å². The summed E-state index contributed by atoms with van der Waals surface area (Å²) in [6.07, 6.45) is 0. The fourth-order valence-corrected chi connectivity index (χ4v) is 2.72. The van der Waals surface area contributed by atoms with E-state index in [4.69, 9.17) is 4.74 Å². The first-order valence-corrected chi connectivity index (χ1v) is 9.48. The highest BCUT2D eigenvalue weighted by atomic mass is 16.5. The van der Waals surface area contributed by atoms with Crippen LogP contribution in [0.2, 0.25) is 0 Å². The number of rotatable bonds is 9. The molecule has 0 heterocycles. The highest BCUT2D eigenvalue weighted by Crippen LogP contribution is 2.26. The minimum absolute atomic E-state index is 0.0265. The third-order valence-electron chi connectivity index (χ3n) is 4.74. The zero-order chi connectivity index (χ0) is 20.7. The van der Waals surface area contributed by atoms with Gasteiger partial charge in [-0.1, -0.05) is 27.7 Å². The summed E-state index contributed by atoms with van der Waals surface area (Å²) in [5.74, 6) is 0.154. The maximum atomic E-state index is 12.6. The number of hydrogen-bond donors (Lipinski definition) is 1. The third-order valence-corrected chi connectivity index (χ3v) is 4.74. The van der Waals surface area contributed by atoms with E-state index in [1.165, 1.54) is 7.11 Å². The molecule has 0 unspecified atom stereocenters. The molecule has 0 saturated heterocycles. The van der Waals surface area contributed by atoms with Gasteiger partial charge in [0, 0.05) is 51.1 Å². The summed E-state index contributed by atoms with van der Waals surface area (Å²) in [6, 6.07) is 5.89. The van der Waals surface area contributed by atoms with Gasteiger partial charge in [-0.2, -0.15) is 0 Å². The molecular formula is C21H35N3O3. The van der Waals surface area contributed by atoms with Gasteiger partial charge in [-0.25, -0.2) is 0 Å². The van der Waals surface area contributed by atoms with E-state index in [-0.39, 0.29) is 30.4 Å². The summed E-state index contributed by atoms with van der Waals surface area (Å²) >= 11 is 0. The molecule has 6 nitrogen and oxygen atoms in total. The molecule has 1 rings (SSSR count). The highest BCUT2D eigenvalue weighted by molar-refractivity contribution is 5.92. The number of carbonyl (C=O) groups excluding carboxylic acids is 2. The van der Waals surface area contributed by atoms with Gasteiger partial charge in [0.05, 0.1) is 0 Å². The topological polar surface area (TPSA) is 61.9 Å². The molecule has 0 fully saturated rings. The Labute approximate surface area is 163 Å². The summed E-state index contributed by atoms with van der Waals surface area (Å²) in [5.41, 5.74) is 2.74. The van der Waals surface area contributed by atoms with Crippen LogP contribution in [0.25, 0.3) is 0 Å². The van der Waals surface area contributed by atoms with Gasteiger partial charge in [-0.15, -0.1) is 0 Å². The predicted octanol–water partition coefficient (Wildman–Crippen LogP) is 3.37. The minimum Gasteiger partial charge on any atom is -0.377 e. The van der Waals surface area contributed by atoms with Crippen LogP contribution in [-0.2, 0) is 20.9 Å². The fraction of sp³-hybridized carbons (Fsp3) is 0.619. The monoisotopic (exact) mass is 377 g/mol. The number of methoxy groups -OCH3 is 1. The quantitative estimate of drug-likeness (QED) is 0.717. The number of hydrogen-bond acceptors (Lipinski definition) is 4. The molecule has 0 aliphatic heterocycles. The second kappa shape index (κ2) is 10.3. The van der Waals surface area contributed by atoms with Crippen molar-refractivity contribution in [1.29, 1.82) is 0 Å². The van der Waals surface area contributed by atoms with Gasteiger partial charge in [-0.3, -0.25) is 9.59 Å². The van der Waals surface area contributed by atoms with Crippen molar-refractivity contribution in [3.05, 3.63) is 23.8 Å². The SMILES string of the molecule is COCC(=O)N(Cc1cc(NC(=O)C(C)C)ccc1N(C)C)[C@H](C)C(C)C. The lowest BCUT2D eigenvalue weighted by atomic mass is 10.0. The van der Waals surface area contributed by atoms with Crippen molar-refractivity contribution in [2.75, 3.05) is 38.0 Å². The lowest BCUT2D eigenvalue weighted by Crippen LogP contribution is -2.43. The number of nitrogens with one attached hydrogen (secondary N) is 1. The molecular weight excluding hydrogens is 342 g/mol. The Morgan fingerprint density at radius 3 is 2.22 bits per heavy atom. The van der Waals surface area contributed by atoms with E-state index in [2.05, 4.69) is 26.1 Å². The zero-order valence-corrected chi connectivity index (χ0v) is 18.0. The molecule has 0 saturated carbocycles. The van der Waals surface area contributed by atoms with E-state index in [1.54, 1.807) is 0 Å². The lowest BCUT2D eigenvalue weighted by Gasteiger charge is -2.33. The first-order valence-electron chi connectivity index (χ1n) is 9.48. The van der Waals surface area contributed by atoms with Crippen LogP contribution in [-0.4, -0.2) is 50.6 Å². The van der Waals surface area contributed by atoms with Crippen molar-refractivity contribution in [2.24, 2.45) is 11.8 Å². The van der Waals surface area contributed by atoms with Gasteiger partial charge in [0.2, 0.25) is 11.8 Å². The predicted molar refractivity (Wildman–Crippen MR) is 111 cm³/mol. The van der Waals surface area contributed by atoms with E-state index in [0.29, 0.717) is 12.5 Å². The van der Waals surface area contributed by atoms with Crippen LogP contribution in [0.15, 0.2) is 18.2 Å². The van der Waals surface area contributed by atoms with Gasteiger partial charge < -0.3 is 19.9 Å². The van der Waals surface area contributed by atoms with Crippen molar-refractivity contribution in [3.63, 3.8) is 0 Å². The van der Waals surface area contributed by atoms with Crippen LogP contribution >= 0.6 is 0 Å². The standard InChI is InChI=1S/C21H35N3O3/c1-14(2)16(5)24(20(25)13-27-8)12-17-11-18(22-21(26)15(3)4)9-10-19(17)23(6)7/h9-11,14-16H,12-13H2,1-8H3,(H,22,26)/t16-/m1/s1. The molecule has 0 aliphatic carbocycles. The Bertz CT molecular complexity index is 642. The smallest absolute Gasteiger partial charge is 0.249 e. The van der Waals surface area contributed by atoms with E-state index in [9.17, 15) is 9.59 Å². The Kier molecular flexibility index (Phi) is 8.76. The molecule has 1 N–H and O–H groups in total. The number of amides is 2. The van der Waals surface area contributed by atoms with Gasteiger partial charge in [0.15, 0.2) is 0 Å². The molecule has 27 heavy (non-hydrogen) atoms. The first kappa shape index (κ1) is 23.0. The average molecular weight is 378 g/mol. The second-order valence-electron chi connectivity index (χ2n) is 7.82. The van der Waals surface area contributed by atoms with E-state index >= 15 is 0 Å². The normalized spacial score (nSPS) is 12.2. The highest BCUT2D eigenvalue weighted by Gasteiger charge is 2.24. The van der Waals surface area contributed by atoms with Crippen molar-refractivity contribution in [1.82, 2.24) is 4.90 Å². The van der Waals surface area contributed by atoms with Gasteiger partial charge in [0.25, 0.3) is 0 Å². The average Bonchev–Trinajstić information content (AvgIpc) is 2.58. The number of nitrogens with zero attached hydrogens (tertiary/aromatic N) is 2. The van der Waals surface area contributed by atoms with Crippen LogP contribution in [0.1, 0.15) is 40.2 Å². The number of benzene rings is 1. The largest absolute Gasteiger partial charge is 0.377 e. The number of carbonyl (C=O) groups is 2. The molecule has 0 spiro atoms. The van der Waals surface area contributed by atoms with Gasteiger partial charge >= 0.3 is 0 Å². The van der Waals surface area contributed by atoms with E-state index in [0.717, 1.165) is 16.9 Å². The molecule has 1 aromatic carbocycles. The molecule has 0 radical (unpaired) electrons. The maximum Gasteiger partial charge on any atom is 0.249 e. The fourth-order valence-electron chi connectivity index (χ4n) is 2.72. The summed E-state index contributed by atoms with van der Waals surface area (Å²) in [4.78, 5) is 28.6. The van der Waals surface area contributed by atoms with E-state index in [1.807, 2.05) is 55.9 Å². The van der Waals surface area contributed by atoms with Crippen molar-refractivity contribution in [3.8, 4) is 0 Å². The second-order valence-corrected chi connectivity index (χ2v) is 7.82. The maximum absolute atomic E-state index is 12.6. The molecule has 1 aromatic rings. The number of ether oxygens (including phenoxy) is 1. The summed E-state index contributed by atoms with van der Waals surface area (Å²) < 4.78 is 5.07. The van der Waals surface area contributed by atoms with E-state index < -0.39 is 0 Å². The molecule has 1 atom stereocenters. The molecule has 6 heteroatoms. The Morgan fingerprint density at radius 1 is 1.11 bits per heavy atom. The summed E-state index contributed by atoms with van der Waals surface area (Å²) in [7, 11) is 5.47. The van der Waals surface area contributed by atoms with Crippen molar-refractivity contribution >= 4 is 23.2 Å².